The molecule has 1 aliphatic carbocycles. The van der Waals surface area contributed by atoms with Crippen molar-refractivity contribution in [2.24, 2.45) is 11.7 Å². The summed E-state index contributed by atoms with van der Waals surface area (Å²) in [5, 5.41) is 2.97. The molecular weight excluding hydrogens is 254 g/mol. The maximum Gasteiger partial charge on any atom is 0.224 e. The molecule has 0 aromatic heterocycles. The van der Waals surface area contributed by atoms with Crippen molar-refractivity contribution in [3.63, 3.8) is 0 Å². The largest absolute Gasteiger partial charge is 0.351 e. The maximum absolute atomic E-state index is 12.0. The molecule has 2 aliphatic rings. The van der Waals surface area contributed by atoms with Crippen LogP contribution in [0.15, 0.2) is 0 Å². The third-order valence-corrected chi connectivity index (χ3v) is 3.77. The third-order valence-electron chi connectivity index (χ3n) is 3.77. The number of hydrogen-bond donors (Lipinski definition) is 2. The van der Waals surface area contributed by atoms with Crippen LogP contribution in [0.3, 0.4) is 0 Å². The Morgan fingerprint density at radius 2 is 2.17 bits per heavy atom. The number of likely N-dealkylation sites (N-methyl/N-ethyl adjacent to an activating group) is 1. The molecule has 0 aromatic rings. The first-order valence-corrected chi connectivity index (χ1v) is 6.36. The van der Waals surface area contributed by atoms with Crippen molar-refractivity contribution in [1.82, 2.24) is 10.2 Å². The zero-order valence-corrected chi connectivity index (χ0v) is 11.5. The minimum atomic E-state index is -0.0156. The average molecular weight is 276 g/mol. The number of rotatable bonds is 2. The molecule has 0 aromatic carbocycles. The van der Waals surface area contributed by atoms with Crippen LogP contribution in [0.4, 0.5) is 0 Å². The summed E-state index contributed by atoms with van der Waals surface area (Å²) in [7, 11) is 1.77. The standard InChI is InChI=1S/C12H21N3O2.ClH/c1-15-7-10(6-11(15)16)14-12(17)8-3-2-4-9(13)5-8;/h8-10H,2-7,13H2,1H3,(H,14,17);1H. The number of nitrogens with two attached hydrogens (primary N) is 1. The van der Waals surface area contributed by atoms with Gasteiger partial charge in [0, 0.05) is 32.0 Å². The average Bonchev–Trinajstić information content (AvgIpc) is 2.58. The number of nitrogens with one attached hydrogen (secondary N) is 1. The fourth-order valence-electron chi connectivity index (χ4n) is 2.75. The smallest absolute Gasteiger partial charge is 0.224 e. The summed E-state index contributed by atoms with van der Waals surface area (Å²) in [6.07, 6.45) is 4.19. The number of likely N-dealkylation sites (tertiary alicyclic amines) is 1. The quantitative estimate of drug-likeness (QED) is 0.760. The summed E-state index contributed by atoms with van der Waals surface area (Å²) in [5.74, 6) is 0.226. The van der Waals surface area contributed by atoms with Crippen molar-refractivity contribution in [1.29, 1.82) is 0 Å². The van der Waals surface area contributed by atoms with E-state index < -0.39 is 0 Å². The van der Waals surface area contributed by atoms with Crippen LogP contribution in [-0.2, 0) is 9.59 Å². The monoisotopic (exact) mass is 275 g/mol. The van der Waals surface area contributed by atoms with E-state index in [1.54, 1.807) is 11.9 Å². The van der Waals surface area contributed by atoms with Crippen LogP contribution in [0.1, 0.15) is 32.1 Å². The van der Waals surface area contributed by atoms with E-state index in [4.69, 9.17) is 5.73 Å². The van der Waals surface area contributed by atoms with Crippen LogP contribution >= 0.6 is 12.4 Å². The Morgan fingerprint density at radius 3 is 2.72 bits per heavy atom. The van der Waals surface area contributed by atoms with E-state index in [9.17, 15) is 9.59 Å². The Kier molecular flexibility index (Phi) is 5.41. The van der Waals surface area contributed by atoms with Gasteiger partial charge in [-0.1, -0.05) is 6.42 Å². The topological polar surface area (TPSA) is 75.4 Å². The third kappa shape index (κ3) is 3.59. The summed E-state index contributed by atoms with van der Waals surface area (Å²) >= 11 is 0. The van der Waals surface area contributed by atoms with E-state index in [-0.39, 0.29) is 42.2 Å². The zero-order chi connectivity index (χ0) is 12.4. The van der Waals surface area contributed by atoms with Gasteiger partial charge in [-0.15, -0.1) is 12.4 Å². The molecule has 2 rings (SSSR count). The lowest BCUT2D eigenvalue weighted by Crippen LogP contribution is -2.43. The summed E-state index contributed by atoms with van der Waals surface area (Å²) in [4.78, 5) is 25.0. The minimum Gasteiger partial charge on any atom is -0.351 e. The molecule has 18 heavy (non-hydrogen) atoms. The van der Waals surface area contributed by atoms with Crippen LogP contribution < -0.4 is 11.1 Å². The molecule has 1 saturated heterocycles. The number of hydrogen-bond acceptors (Lipinski definition) is 3. The second-order valence-electron chi connectivity index (χ2n) is 5.31. The Hall–Kier alpha value is -0.810. The highest BCUT2D eigenvalue weighted by atomic mass is 35.5. The predicted molar refractivity (Wildman–Crippen MR) is 71.4 cm³/mol. The van der Waals surface area contributed by atoms with Gasteiger partial charge in [-0.3, -0.25) is 9.59 Å². The van der Waals surface area contributed by atoms with Crippen molar-refractivity contribution in [2.45, 2.75) is 44.2 Å². The Labute approximate surface area is 114 Å². The molecule has 5 nitrogen and oxygen atoms in total. The second kappa shape index (κ2) is 6.38. The van der Waals surface area contributed by atoms with Crippen LogP contribution in [0.5, 0.6) is 0 Å². The molecule has 104 valence electrons. The van der Waals surface area contributed by atoms with E-state index in [1.807, 2.05) is 0 Å². The zero-order valence-electron chi connectivity index (χ0n) is 10.7. The summed E-state index contributed by atoms with van der Waals surface area (Å²) in [6, 6.07) is 0.144. The van der Waals surface area contributed by atoms with Crippen LogP contribution in [0.2, 0.25) is 0 Å². The molecule has 1 aliphatic heterocycles. The Bertz CT molecular complexity index is 324. The highest BCUT2D eigenvalue weighted by Crippen LogP contribution is 2.23. The first-order chi connectivity index (χ1) is 8.06. The van der Waals surface area contributed by atoms with Gasteiger partial charge in [0.1, 0.15) is 0 Å². The van der Waals surface area contributed by atoms with Gasteiger partial charge >= 0.3 is 0 Å². The predicted octanol–water partition coefficient (Wildman–Crippen LogP) is 0.273. The van der Waals surface area contributed by atoms with E-state index in [0.29, 0.717) is 13.0 Å². The lowest BCUT2D eigenvalue weighted by molar-refractivity contribution is -0.126. The molecule has 0 spiro atoms. The van der Waals surface area contributed by atoms with Gasteiger partial charge in [-0.05, 0) is 19.3 Å². The SMILES string of the molecule is CN1CC(NC(=O)C2CCCC(N)C2)CC1=O.Cl. The Balaban J connectivity index is 0.00000162. The van der Waals surface area contributed by atoms with Crippen molar-refractivity contribution < 1.29 is 9.59 Å². The van der Waals surface area contributed by atoms with Crippen LogP contribution in [0.25, 0.3) is 0 Å². The molecule has 1 saturated carbocycles. The fourth-order valence-corrected chi connectivity index (χ4v) is 2.75. The molecule has 0 bridgehead atoms. The number of halogens is 1. The van der Waals surface area contributed by atoms with E-state index in [0.717, 1.165) is 25.7 Å². The van der Waals surface area contributed by atoms with Crippen molar-refractivity contribution in [2.75, 3.05) is 13.6 Å². The second-order valence-corrected chi connectivity index (χ2v) is 5.31. The van der Waals surface area contributed by atoms with Gasteiger partial charge in [0.25, 0.3) is 0 Å². The van der Waals surface area contributed by atoms with E-state index in [2.05, 4.69) is 5.32 Å². The first kappa shape index (κ1) is 15.2. The molecular formula is C12H22ClN3O2. The van der Waals surface area contributed by atoms with Crippen molar-refractivity contribution in [3.05, 3.63) is 0 Å². The molecule has 1 heterocycles. The maximum atomic E-state index is 12.0. The van der Waals surface area contributed by atoms with Gasteiger partial charge in [-0.25, -0.2) is 0 Å². The lowest BCUT2D eigenvalue weighted by Gasteiger charge is -2.26. The molecule has 3 atom stereocenters. The lowest BCUT2D eigenvalue weighted by atomic mass is 9.85. The van der Waals surface area contributed by atoms with Crippen LogP contribution in [0, 0.1) is 5.92 Å². The summed E-state index contributed by atoms with van der Waals surface area (Å²) in [5.41, 5.74) is 5.87. The highest BCUT2D eigenvalue weighted by Gasteiger charge is 2.31. The molecule has 3 unspecified atom stereocenters. The molecule has 2 fully saturated rings. The van der Waals surface area contributed by atoms with E-state index >= 15 is 0 Å². The van der Waals surface area contributed by atoms with Gasteiger partial charge < -0.3 is 16.0 Å². The molecule has 0 radical (unpaired) electrons. The van der Waals surface area contributed by atoms with Crippen LogP contribution in [-0.4, -0.2) is 42.4 Å². The summed E-state index contributed by atoms with van der Waals surface area (Å²) < 4.78 is 0. The molecule has 3 N–H and O–H groups in total. The van der Waals surface area contributed by atoms with Gasteiger partial charge in [0.2, 0.25) is 11.8 Å². The van der Waals surface area contributed by atoms with Gasteiger partial charge in [0.05, 0.1) is 6.04 Å². The summed E-state index contributed by atoms with van der Waals surface area (Å²) in [6.45, 7) is 0.628. The van der Waals surface area contributed by atoms with Crippen molar-refractivity contribution in [3.8, 4) is 0 Å². The number of carbonyl (C=O) groups excluding carboxylic acids is 2. The van der Waals surface area contributed by atoms with Gasteiger partial charge in [0.15, 0.2) is 0 Å². The Morgan fingerprint density at radius 1 is 1.44 bits per heavy atom. The number of amides is 2. The fraction of sp³-hybridized carbons (Fsp3) is 0.833. The normalized spacial score (nSPS) is 32.0. The minimum absolute atomic E-state index is 0. The highest BCUT2D eigenvalue weighted by molar-refractivity contribution is 5.85. The molecule has 2 amide bonds. The first-order valence-electron chi connectivity index (χ1n) is 6.36. The van der Waals surface area contributed by atoms with Gasteiger partial charge in [-0.2, -0.15) is 0 Å². The van der Waals surface area contributed by atoms with Crippen molar-refractivity contribution >= 4 is 24.2 Å². The number of nitrogens with zero attached hydrogens (tertiary/aromatic N) is 1. The number of carbonyl (C=O) groups is 2. The van der Waals surface area contributed by atoms with E-state index in [1.165, 1.54) is 0 Å². The molecule has 6 heteroatoms.